The number of nitrogens with zero attached hydrogens (tertiary/aromatic N) is 3. The topological polar surface area (TPSA) is 57.1 Å². The van der Waals surface area contributed by atoms with Gasteiger partial charge < -0.3 is 9.31 Å². The summed E-state index contributed by atoms with van der Waals surface area (Å²) in [6.07, 6.45) is 3.47. The Hall–Kier alpha value is -1.79. The van der Waals surface area contributed by atoms with Crippen molar-refractivity contribution in [3.05, 3.63) is 36.7 Å². The van der Waals surface area contributed by atoms with E-state index < -0.39 is 7.12 Å². The van der Waals surface area contributed by atoms with E-state index in [1.54, 1.807) is 12.4 Å². The highest BCUT2D eigenvalue weighted by Crippen LogP contribution is 2.36. The molecule has 1 saturated heterocycles. The Morgan fingerprint density at radius 2 is 1.48 bits per heavy atom. The average molecular weight is 283 g/mol. The fourth-order valence-electron chi connectivity index (χ4n) is 2.11. The summed E-state index contributed by atoms with van der Waals surface area (Å²) in [7, 11) is -0.478. The highest BCUT2D eigenvalue weighted by Gasteiger charge is 2.52. The lowest BCUT2D eigenvalue weighted by atomic mass is 9.84. The first-order valence-corrected chi connectivity index (χ1v) is 6.99. The van der Waals surface area contributed by atoms with Crippen LogP contribution in [0.15, 0.2) is 36.7 Å². The van der Waals surface area contributed by atoms with Crippen molar-refractivity contribution in [3.63, 3.8) is 0 Å². The first-order chi connectivity index (χ1) is 9.89. The Kier molecular flexibility index (Phi) is 3.30. The zero-order valence-corrected chi connectivity index (χ0v) is 12.7. The van der Waals surface area contributed by atoms with E-state index in [4.69, 9.17) is 9.31 Å². The molecule has 3 rings (SSSR count). The predicted octanol–water partition coefficient (Wildman–Crippen LogP) is 1.84. The molecule has 2 aromatic heterocycles. The molecule has 6 heteroatoms. The third kappa shape index (κ3) is 2.56. The van der Waals surface area contributed by atoms with Gasteiger partial charge in [0.2, 0.25) is 0 Å². The van der Waals surface area contributed by atoms with E-state index >= 15 is 0 Å². The minimum absolute atomic E-state index is 0.372. The molecular weight excluding hydrogens is 265 g/mol. The van der Waals surface area contributed by atoms with Crippen LogP contribution in [-0.2, 0) is 9.31 Å². The van der Waals surface area contributed by atoms with Gasteiger partial charge in [0.05, 0.1) is 22.5 Å². The summed E-state index contributed by atoms with van der Waals surface area (Å²) in [5, 5.41) is 8.50. The largest absolute Gasteiger partial charge is 0.516 e. The van der Waals surface area contributed by atoms with Crippen LogP contribution in [0.25, 0.3) is 11.3 Å². The molecule has 0 aromatic carbocycles. The third-order valence-electron chi connectivity index (χ3n) is 4.16. The second-order valence-electron chi connectivity index (χ2n) is 6.17. The minimum atomic E-state index is -0.478. The molecule has 3 heterocycles. The molecular formula is C15H18BN3O2. The zero-order valence-electron chi connectivity index (χ0n) is 12.7. The molecule has 0 spiro atoms. The van der Waals surface area contributed by atoms with Gasteiger partial charge in [-0.05, 0) is 52.0 Å². The van der Waals surface area contributed by atoms with Crippen molar-refractivity contribution in [3.8, 4) is 11.3 Å². The lowest BCUT2D eigenvalue weighted by Gasteiger charge is -2.32. The molecule has 108 valence electrons. The van der Waals surface area contributed by atoms with Gasteiger partial charge in [-0.2, -0.15) is 10.2 Å². The minimum Gasteiger partial charge on any atom is -0.398 e. The average Bonchev–Trinajstić information content (AvgIpc) is 2.69. The predicted molar refractivity (Wildman–Crippen MR) is 81.0 cm³/mol. The number of hydrogen-bond donors (Lipinski definition) is 0. The number of pyridine rings is 1. The Bertz CT molecular complexity index is 613. The van der Waals surface area contributed by atoms with Gasteiger partial charge in [-0.15, -0.1) is 0 Å². The quantitative estimate of drug-likeness (QED) is 0.787. The zero-order chi connectivity index (χ0) is 15.1. The normalized spacial score (nSPS) is 19.7. The van der Waals surface area contributed by atoms with E-state index in [0.717, 1.165) is 11.3 Å². The van der Waals surface area contributed by atoms with Gasteiger partial charge in [-0.1, -0.05) is 0 Å². The molecule has 0 aliphatic carbocycles. The van der Waals surface area contributed by atoms with Crippen molar-refractivity contribution in [1.29, 1.82) is 0 Å². The van der Waals surface area contributed by atoms with Crippen LogP contribution in [0.4, 0.5) is 0 Å². The summed E-state index contributed by atoms with van der Waals surface area (Å²) in [5.41, 5.74) is 1.73. The Balaban J connectivity index is 1.83. The Morgan fingerprint density at radius 1 is 0.857 bits per heavy atom. The standard InChI is InChI=1S/C15H18BN3O2/c1-14(2)15(3,4)21-16(20-14)13-6-5-12(18-19-13)11-7-9-17-10-8-11/h5-10H,1-4H3. The van der Waals surface area contributed by atoms with E-state index in [1.807, 2.05) is 52.0 Å². The molecule has 5 nitrogen and oxygen atoms in total. The van der Waals surface area contributed by atoms with E-state index in [-0.39, 0.29) is 11.2 Å². The van der Waals surface area contributed by atoms with Crippen molar-refractivity contribution < 1.29 is 9.31 Å². The van der Waals surface area contributed by atoms with E-state index in [1.165, 1.54) is 0 Å². The van der Waals surface area contributed by atoms with Gasteiger partial charge in [-0.25, -0.2) is 0 Å². The molecule has 0 radical (unpaired) electrons. The van der Waals surface area contributed by atoms with Gasteiger partial charge in [0.1, 0.15) is 0 Å². The van der Waals surface area contributed by atoms with Crippen LogP contribution in [-0.4, -0.2) is 33.5 Å². The van der Waals surface area contributed by atoms with E-state index in [2.05, 4.69) is 15.2 Å². The number of hydrogen-bond acceptors (Lipinski definition) is 5. The van der Waals surface area contributed by atoms with E-state index in [0.29, 0.717) is 5.59 Å². The van der Waals surface area contributed by atoms with Gasteiger partial charge >= 0.3 is 7.12 Å². The van der Waals surface area contributed by atoms with Crippen LogP contribution < -0.4 is 5.59 Å². The lowest BCUT2D eigenvalue weighted by Crippen LogP contribution is -2.41. The van der Waals surface area contributed by atoms with Crippen molar-refractivity contribution >= 4 is 12.7 Å². The fraction of sp³-hybridized carbons (Fsp3) is 0.400. The second kappa shape index (κ2) is 4.89. The van der Waals surface area contributed by atoms with Crippen LogP contribution in [0.5, 0.6) is 0 Å². The molecule has 0 unspecified atom stereocenters. The summed E-state index contributed by atoms with van der Waals surface area (Å²) >= 11 is 0. The molecule has 1 fully saturated rings. The first kappa shape index (κ1) is 14.2. The monoisotopic (exact) mass is 283 g/mol. The summed E-state index contributed by atoms with van der Waals surface area (Å²) < 4.78 is 11.9. The summed E-state index contributed by atoms with van der Waals surface area (Å²) in [5.74, 6) is 0. The first-order valence-electron chi connectivity index (χ1n) is 6.99. The van der Waals surface area contributed by atoms with Gasteiger partial charge in [0, 0.05) is 18.0 Å². The highest BCUT2D eigenvalue weighted by atomic mass is 16.7. The van der Waals surface area contributed by atoms with Crippen molar-refractivity contribution in [1.82, 2.24) is 15.2 Å². The van der Waals surface area contributed by atoms with Crippen LogP contribution in [0, 0.1) is 0 Å². The third-order valence-corrected chi connectivity index (χ3v) is 4.16. The summed E-state index contributed by atoms with van der Waals surface area (Å²) in [6, 6.07) is 7.62. The van der Waals surface area contributed by atoms with Crippen LogP contribution >= 0.6 is 0 Å². The molecule has 1 aliphatic heterocycles. The molecule has 21 heavy (non-hydrogen) atoms. The maximum absolute atomic E-state index is 5.96. The highest BCUT2D eigenvalue weighted by molar-refractivity contribution is 6.61. The molecule has 0 atom stereocenters. The second-order valence-corrected chi connectivity index (χ2v) is 6.17. The van der Waals surface area contributed by atoms with Crippen molar-refractivity contribution in [2.24, 2.45) is 0 Å². The SMILES string of the molecule is CC1(C)OB(c2ccc(-c3ccncc3)nn2)OC1(C)C. The molecule has 0 amide bonds. The van der Waals surface area contributed by atoms with Gasteiger partial charge in [-0.3, -0.25) is 4.98 Å². The van der Waals surface area contributed by atoms with Crippen LogP contribution in [0.1, 0.15) is 27.7 Å². The summed E-state index contributed by atoms with van der Waals surface area (Å²) in [6.45, 7) is 8.08. The van der Waals surface area contributed by atoms with Crippen LogP contribution in [0.3, 0.4) is 0 Å². The molecule has 0 N–H and O–H groups in total. The molecule has 2 aromatic rings. The maximum Gasteiger partial charge on any atom is 0.516 e. The summed E-state index contributed by atoms with van der Waals surface area (Å²) in [4.78, 5) is 4.00. The van der Waals surface area contributed by atoms with E-state index in [9.17, 15) is 0 Å². The van der Waals surface area contributed by atoms with Gasteiger partial charge in [0.25, 0.3) is 0 Å². The van der Waals surface area contributed by atoms with Gasteiger partial charge in [0.15, 0.2) is 0 Å². The number of rotatable bonds is 2. The molecule has 1 aliphatic rings. The van der Waals surface area contributed by atoms with Crippen molar-refractivity contribution in [2.75, 3.05) is 0 Å². The molecule has 0 bridgehead atoms. The lowest BCUT2D eigenvalue weighted by molar-refractivity contribution is 0.00578. The maximum atomic E-state index is 5.96. The van der Waals surface area contributed by atoms with Crippen molar-refractivity contribution in [2.45, 2.75) is 38.9 Å². The Labute approximate surface area is 124 Å². The number of aromatic nitrogens is 3. The Morgan fingerprint density at radius 3 is 2.00 bits per heavy atom. The molecule has 0 saturated carbocycles. The van der Waals surface area contributed by atoms with Crippen LogP contribution in [0.2, 0.25) is 0 Å². The smallest absolute Gasteiger partial charge is 0.398 e. The fourth-order valence-corrected chi connectivity index (χ4v) is 2.11.